The Bertz CT molecular complexity index is 859. The molecule has 1 fully saturated rings. The smallest absolute Gasteiger partial charge is 0.308 e. The SMILES string of the molecule is COc1ccc([C@@H]2[C@H](C(=O)O)[C@H]2S(=O)(=O)c2ccc(Cl)cc2)cc1. The number of carboxylic acid groups (broad SMARTS) is 1. The Labute approximate surface area is 144 Å². The van der Waals surface area contributed by atoms with Crippen LogP contribution in [-0.4, -0.2) is 31.9 Å². The van der Waals surface area contributed by atoms with Crippen molar-refractivity contribution in [2.45, 2.75) is 16.1 Å². The lowest BCUT2D eigenvalue weighted by atomic mass is 10.1. The molecule has 1 aliphatic rings. The molecular formula is C17H15ClO5S. The first-order valence-electron chi connectivity index (χ1n) is 7.22. The summed E-state index contributed by atoms with van der Waals surface area (Å²) >= 11 is 5.79. The summed E-state index contributed by atoms with van der Waals surface area (Å²) in [6.45, 7) is 0. The fourth-order valence-electron chi connectivity index (χ4n) is 2.97. The first-order valence-corrected chi connectivity index (χ1v) is 9.15. The van der Waals surface area contributed by atoms with E-state index in [2.05, 4.69) is 0 Å². The average molecular weight is 367 g/mol. The van der Waals surface area contributed by atoms with Gasteiger partial charge in [-0.2, -0.15) is 0 Å². The molecule has 126 valence electrons. The molecule has 1 aliphatic carbocycles. The molecule has 0 aliphatic heterocycles. The van der Waals surface area contributed by atoms with Crippen molar-refractivity contribution in [1.82, 2.24) is 0 Å². The lowest BCUT2D eigenvalue weighted by molar-refractivity contribution is -0.138. The van der Waals surface area contributed by atoms with E-state index in [1.807, 2.05) is 0 Å². The molecule has 2 aromatic carbocycles. The van der Waals surface area contributed by atoms with Gasteiger partial charge in [-0.05, 0) is 42.0 Å². The summed E-state index contributed by atoms with van der Waals surface area (Å²) < 4.78 is 30.7. The minimum absolute atomic E-state index is 0.0826. The Morgan fingerprint density at radius 2 is 1.67 bits per heavy atom. The van der Waals surface area contributed by atoms with E-state index >= 15 is 0 Å². The highest BCUT2D eigenvalue weighted by Crippen LogP contribution is 2.54. The summed E-state index contributed by atoms with van der Waals surface area (Å²) in [6.07, 6.45) is 0. The minimum Gasteiger partial charge on any atom is -0.497 e. The van der Waals surface area contributed by atoms with Crippen LogP contribution in [0.3, 0.4) is 0 Å². The summed E-state index contributed by atoms with van der Waals surface area (Å²) in [6, 6.07) is 12.6. The van der Waals surface area contributed by atoms with Gasteiger partial charge in [-0.25, -0.2) is 8.42 Å². The zero-order chi connectivity index (χ0) is 17.5. The number of ether oxygens (including phenoxy) is 1. The highest BCUT2D eigenvalue weighted by molar-refractivity contribution is 7.92. The van der Waals surface area contributed by atoms with E-state index in [1.54, 1.807) is 24.3 Å². The first-order chi connectivity index (χ1) is 11.4. The van der Waals surface area contributed by atoms with E-state index in [9.17, 15) is 18.3 Å². The number of sulfone groups is 1. The molecule has 3 rings (SSSR count). The molecule has 0 aromatic heterocycles. The van der Waals surface area contributed by atoms with Crippen LogP contribution in [0.4, 0.5) is 0 Å². The monoisotopic (exact) mass is 366 g/mol. The Hall–Kier alpha value is -2.05. The number of aliphatic carboxylic acids is 1. The Balaban J connectivity index is 1.96. The fourth-order valence-corrected chi connectivity index (χ4v) is 5.22. The highest BCUT2D eigenvalue weighted by atomic mass is 35.5. The largest absolute Gasteiger partial charge is 0.497 e. The van der Waals surface area contributed by atoms with Crippen molar-refractivity contribution in [3.63, 3.8) is 0 Å². The van der Waals surface area contributed by atoms with Crippen molar-refractivity contribution >= 4 is 27.4 Å². The second-order valence-electron chi connectivity index (χ2n) is 5.63. The van der Waals surface area contributed by atoms with Crippen LogP contribution in [0.1, 0.15) is 11.5 Å². The van der Waals surface area contributed by atoms with Crippen LogP contribution in [0.2, 0.25) is 5.02 Å². The number of benzene rings is 2. The molecule has 0 bridgehead atoms. The molecule has 0 spiro atoms. The molecule has 2 aromatic rings. The molecule has 7 heteroatoms. The number of hydrogen-bond donors (Lipinski definition) is 1. The summed E-state index contributed by atoms with van der Waals surface area (Å²) in [7, 11) is -2.23. The molecule has 0 saturated heterocycles. The van der Waals surface area contributed by atoms with Gasteiger partial charge in [-0.15, -0.1) is 0 Å². The van der Waals surface area contributed by atoms with Gasteiger partial charge < -0.3 is 9.84 Å². The van der Waals surface area contributed by atoms with Gasteiger partial charge in [-0.3, -0.25) is 4.79 Å². The maximum atomic E-state index is 12.8. The second-order valence-corrected chi connectivity index (χ2v) is 8.17. The van der Waals surface area contributed by atoms with Gasteiger partial charge in [-0.1, -0.05) is 23.7 Å². The standard InChI is InChI=1S/C17H15ClO5S/c1-23-12-6-2-10(3-7-12)14-15(17(19)20)16(14)24(21,22)13-8-4-11(18)5-9-13/h2-9,14-16H,1H3,(H,19,20)/t14-,15+,16+/m1/s1. The van der Waals surface area contributed by atoms with Crippen LogP contribution in [0.5, 0.6) is 5.75 Å². The number of halogens is 1. The van der Waals surface area contributed by atoms with Crippen molar-refractivity contribution in [1.29, 1.82) is 0 Å². The molecule has 0 unspecified atom stereocenters. The van der Waals surface area contributed by atoms with Crippen molar-refractivity contribution in [3.05, 3.63) is 59.1 Å². The summed E-state index contributed by atoms with van der Waals surface area (Å²) in [5.41, 5.74) is 0.672. The molecule has 5 nitrogen and oxygen atoms in total. The van der Waals surface area contributed by atoms with Crippen LogP contribution < -0.4 is 4.74 Å². The Kier molecular flexibility index (Phi) is 4.27. The van der Waals surface area contributed by atoms with Crippen LogP contribution >= 0.6 is 11.6 Å². The van der Waals surface area contributed by atoms with Crippen LogP contribution in [0.15, 0.2) is 53.4 Å². The Morgan fingerprint density at radius 1 is 1.08 bits per heavy atom. The Morgan fingerprint density at radius 3 is 2.17 bits per heavy atom. The molecule has 0 radical (unpaired) electrons. The number of carboxylic acids is 1. The molecule has 3 atom stereocenters. The summed E-state index contributed by atoms with van der Waals surface area (Å²) in [4.78, 5) is 11.6. The lowest BCUT2D eigenvalue weighted by Gasteiger charge is -2.05. The maximum Gasteiger partial charge on any atom is 0.308 e. The summed E-state index contributed by atoms with van der Waals surface area (Å²) in [5.74, 6) is -2.02. The van der Waals surface area contributed by atoms with Gasteiger partial charge in [0.05, 0.1) is 23.2 Å². The third kappa shape index (κ3) is 2.87. The minimum atomic E-state index is -3.76. The fraction of sp³-hybridized carbons (Fsp3) is 0.235. The molecule has 0 heterocycles. The molecular weight excluding hydrogens is 352 g/mol. The van der Waals surface area contributed by atoms with Crippen LogP contribution in [0, 0.1) is 5.92 Å². The van der Waals surface area contributed by atoms with Crippen molar-refractivity contribution < 1.29 is 23.1 Å². The maximum absolute atomic E-state index is 12.8. The van der Waals surface area contributed by atoms with Gasteiger partial charge in [0.15, 0.2) is 9.84 Å². The number of methoxy groups -OCH3 is 1. The summed E-state index contributed by atoms with van der Waals surface area (Å²) in [5, 5.41) is 8.84. The van der Waals surface area contributed by atoms with E-state index in [-0.39, 0.29) is 4.90 Å². The molecule has 1 N–H and O–H groups in total. The first kappa shape index (κ1) is 16.8. The molecule has 0 amide bonds. The van der Waals surface area contributed by atoms with Gasteiger partial charge in [0, 0.05) is 10.9 Å². The van der Waals surface area contributed by atoms with Crippen molar-refractivity contribution in [3.8, 4) is 5.75 Å². The topological polar surface area (TPSA) is 80.7 Å². The quantitative estimate of drug-likeness (QED) is 0.879. The number of hydrogen-bond acceptors (Lipinski definition) is 4. The third-order valence-corrected chi connectivity index (χ3v) is 6.72. The second kappa shape index (κ2) is 6.11. The predicted octanol–water partition coefficient (Wildman–Crippen LogP) is 2.99. The van der Waals surface area contributed by atoms with Gasteiger partial charge in [0.2, 0.25) is 0 Å². The van der Waals surface area contributed by atoms with Gasteiger partial charge >= 0.3 is 5.97 Å². The third-order valence-electron chi connectivity index (χ3n) is 4.24. The van der Waals surface area contributed by atoms with E-state index in [4.69, 9.17) is 16.3 Å². The highest BCUT2D eigenvalue weighted by Gasteiger charge is 2.63. The van der Waals surface area contributed by atoms with E-state index in [0.29, 0.717) is 16.3 Å². The van der Waals surface area contributed by atoms with E-state index in [1.165, 1.54) is 31.4 Å². The number of rotatable bonds is 5. The van der Waals surface area contributed by atoms with E-state index < -0.39 is 32.9 Å². The van der Waals surface area contributed by atoms with Crippen LogP contribution in [-0.2, 0) is 14.6 Å². The zero-order valence-electron chi connectivity index (χ0n) is 12.7. The molecule has 1 saturated carbocycles. The van der Waals surface area contributed by atoms with Crippen LogP contribution in [0.25, 0.3) is 0 Å². The normalized spacial score (nSPS) is 22.8. The number of carbonyl (C=O) groups is 1. The van der Waals surface area contributed by atoms with Gasteiger partial charge in [0.25, 0.3) is 0 Å². The molecule has 24 heavy (non-hydrogen) atoms. The lowest BCUT2D eigenvalue weighted by Crippen LogP contribution is -2.13. The van der Waals surface area contributed by atoms with Crippen molar-refractivity contribution in [2.24, 2.45) is 5.92 Å². The average Bonchev–Trinajstić information content (AvgIpc) is 3.32. The zero-order valence-corrected chi connectivity index (χ0v) is 14.3. The predicted molar refractivity (Wildman–Crippen MR) is 89.3 cm³/mol. The van der Waals surface area contributed by atoms with Gasteiger partial charge in [0.1, 0.15) is 5.75 Å². The van der Waals surface area contributed by atoms with E-state index in [0.717, 1.165) is 0 Å². The van der Waals surface area contributed by atoms with Crippen molar-refractivity contribution in [2.75, 3.05) is 7.11 Å².